The highest BCUT2D eigenvalue weighted by atomic mass is 35.5. The van der Waals surface area contributed by atoms with E-state index in [0.717, 1.165) is 63.2 Å². The van der Waals surface area contributed by atoms with Crippen LogP contribution in [0.1, 0.15) is 17.3 Å². The summed E-state index contributed by atoms with van der Waals surface area (Å²) in [6.07, 6.45) is 0. The van der Waals surface area contributed by atoms with Gasteiger partial charge in [-0.15, -0.1) is 12.4 Å². The van der Waals surface area contributed by atoms with Crippen LogP contribution < -0.4 is 5.32 Å². The van der Waals surface area contributed by atoms with Crippen molar-refractivity contribution < 1.29 is 9.21 Å². The van der Waals surface area contributed by atoms with E-state index >= 15 is 0 Å². The van der Waals surface area contributed by atoms with Crippen molar-refractivity contribution in [3.05, 3.63) is 17.3 Å². The van der Waals surface area contributed by atoms with Gasteiger partial charge in [-0.2, -0.15) is 0 Å². The largest absolute Gasteiger partial charge is 0.444 e. The Hall–Kier alpha value is -1.11. The number of aryl methyl sites for hydroxylation is 2. The van der Waals surface area contributed by atoms with E-state index in [-0.39, 0.29) is 18.3 Å². The van der Waals surface area contributed by atoms with E-state index in [0.29, 0.717) is 5.91 Å². The maximum atomic E-state index is 12.1. The van der Waals surface area contributed by atoms with Crippen molar-refractivity contribution in [3.63, 3.8) is 0 Å². The second kappa shape index (κ2) is 6.77. The van der Waals surface area contributed by atoms with Crippen LogP contribution in [0.4, 0.5) is 0 Å². The lowest BCUT2D eigenvalue weighted by Gasteiger charge is -2.38. The zero-order valence-electron chi connectivity index (χ0n) is 12.6. The van der Waals surface area contributed by atoms with Gasteiger partial charge in [0.15, 0.2) is 0 Å². The molecule has 7 heteroatoms. The van der Waals surface area contributed by atoms with E-state index in [9.17, 15) is 4.79 Å². The van der Waals surface area contributed by atoms with E-state index in [1.807, 2.05) is 18.7 Å². The molecular formula is C14H23ClN4O2. The summed E-state index contributed by atoms with van der Waals surface area (Å²) < 4.78 is 5.61. The molecule has 118 valence electrons. The van der Waals surface area contributed by atoms with Crippen LogP contribution in [0.2, 0.25) is 0 Å². The highest BCUT2D eigenvalue weighted by molar-refractivity contribution is 5.85. The van der Waals surface area contributed by atoms with Crippen LogP contribution in [0.25, 0.3) is 0 Å². The molecule has 2 fully saturated rings. The first-order chi connectivity index (χ1) is 9.63. The maximum absolute atomic E-state index is 12.1. The Kier molecular flexibility index (Phi) is 5.24. The second-order valence-electron chi connectivity index (χ2n) is 5.71. The molecule has 0 bridgehead atoms. The van der Waals surface area contributed by atoms with Crippen LogP contribution in [0.3, 0.4) is 0 Å². The molecule has 2 aliphatic rings. The predicted molar refractivity (Wildman–Crippen MR) is 81.4 cm³/mol. The minimum Gasteiger partial charge on any atom is -0.444 e. The lowest BCUT2D eigenvalue weighted by Crippen LogP contribution is -2.56. The number of amides is 1. The van der Waals surface area contributed by atoms with E-state index in [2.05, 4.69) is 15.2 Å². The number of oxazole rings is 1. The number of hydrogen-bond acceptors (Lipinski definition) is 5. The Morgan fingerprint density at radius 3 is 2.43 bits per heavy atom. The van der Waals surface area contributed by atoms with Gasteiger partial charge < -0.3 is 14.6 Å². The number of aromatic nitrogens is 1. The summed E-state index contributed by atoms with van der Waals surface area (Å²) in [6.45, 7) is 9.74. The molecule has 1 aromatic heterocycles. The van der Waals surface area contributed by atoms with Crippen LogP contribution in [-0.2, 0) is 11.3 Å². The van der Waals surface area contributed by atoms with Crippen molar-refractivity contribution in [2.24, 2.45) is 5.92 Å². The van der Waals surface area contributed by atoms with Gasteiger partial charge in [0.2, 0.25) is 11.8 Å². The molecule has 3 rings (SSSR count). The number of nitrogens with one attached hydrogen (secondary N) is 1. The molecule has 0 aromatic carbocycles. The van der Waals surface area contributed by atoms with Crippen LogP contribution in [-0.4, -0.2) is 60.0 Å². The van der Waals surface area contributed by atoms with Crippen molar-refractivity contribution in [1.29, 1.82) is 0 Å². The second-order valence-corrected chi connectivity index (χ2v) is 5.71. The van der Waals surface area contributed by atoms with Crippen molar-refractivity contribution in [1.82, 2.24) is 20.1 Å². The molecule has 6 nitrogen and oxygen atoms in total. The fourth-order valence-corrected chi connectivity index (χ4v) is 2.65. The number of nitrogens with zero attached hydrogens (tertiary/aromatic N) is 3. The Morgan fingerprint density at radius 2 is 1.95 bits per heavy atom. The molecule has 0 atom stereocenters. The highest BCUT2D eigenvalue weighted by Crippen LogP contribution is 2.14. The van der Waals surface area contributed by atoms with Crippen LogP contribution in [0.15, 0.2) is 4.42 Å². The number of rotatable bonds is 3. The number of carbonyl (C=O) groups excluding carboxylic acids is 1. The zero-order valence-corrected chi connectivity index (χ0v) is 13.4. The molecule has 1 amide bonds. The van der Waals surface area contributed by atoms with Crippen molar-refractivity contribution in [3.8, 4) is 0 Å². The molecule has 0 saturated carbocycles. The molecule has 2 saturated heterocycles. The lowest BCUT2D eigenvalue weighted by atomic mass is 10.0. The molecule has 21 heavy (non-hydrogen) atoms. The van der Waals surface area contributed by atoms with E-state index in [1.165, 1.54) is 0 Å². The third-order valence-corrected chi connectivity index (χ3v) is 4.25. The lowest BCUT2D eigenvalue weighted by molar-refractivity contribution is -0.138. The van der Waals surface area contributed by atoms with E-state index in [1.54, 1.807) is 0 Å². The van der Waals surface area contributed by atoms with Crippen LogP contribution in [0.5, 0.6) is 0 Å². The average Bonchev–Trinajstić information content (AvgIpc) is 2.67. The van der Waals surface area contributed by atoms with Gasteiger partial charge in [-0.1, -0.05) is 0 Å². The van der Waals surface area contributed by atoms with Gasteiger partial charge >= 0.3 is 0 Å². The smallest absolute Gasteiger partial charge is 0.228 e. The number of carbonyl (C=O) groups is 1. The maximum Gasteiger partial charge on any atom is 0.228 e. The van der Waals surface area contributed by atoms with Gasteiger partial charge in [0.25, 0.3) is 0 Å². The summed E-state index contributed by atoms with van der Waals surface area (Å²) in [7, 11) is 0. The number of piperazine rings is 1. The van der Waals surface area contributed by atoms with Crippen LogP contribution >= 0.6 is 12.4 Å². The molecular weight excluding hydrogens is 292 g/mol. The van der Waals surface area contributed by atoms with Gasteiger partial charge in [-0.25, -0.2) is 4.98 Å². The number of halogens is 1. The van der Waals surface area contributed by atoms with Gasteiger partial charge in [-0.05, 0) is 13.8 Å². The Bertz CT molecular complexity index is 474. The van der Waals surface area contributed by atoms with Gasteiger partial charge in [-0.3, -0.25) is 9.69 Å². The molecule has 0 aliphatic carbocycles. The van der Waals surface area contributed by atoms with E-state index < -0.39 is 0 Å². The summed E-state index contributed by atoms with van der Waals surface area (Å²) in [6, 6.07) is 0. The minimum absolute atomic E-state index is 0. The molecule has 1 aromatic rings. The first-order valence-corrected chi connectivity index (χ1v) is 7.28. The third kappa shape index (κ3) is 3.56. The van der Waals surface area contributed by atoms with E-state index in [4.69, 9.17) is 4.42 Å². The van der Waals surface area contributed by atoms with Gasteiger partial charge in [0.1, 0.15) is 5.76 Å². The van der Waals surface area contributed by atoms with Crippen molar-refractivity contribution in [2.45, 2.75) is 20.4 Å². The molecule has 0 radical (unpaired) electrons. The fourth-order valence-electron chi connectivity index (χ4n) is 2.65. The normalized spacial score (nSPS) is 20.0. The quantitative estimate of drug-likeness (QED) is 0.884. The Labute approximate surface area is 131 Å². The Morgan fingerprint density at radius 1 is 1.29 bits per heavy atom. The SMILES string of the molecule is Cc1nc(CN2CCN(C(=O)C3CNC3)CC2)oc1C.Cl. The summed E-state index contributed by atoms with van der Waals surface area (Å²) in [5, 5.41) is 3.15. The molecule has 0 spiro atoms. The topological polar surface area (TPSA) is 61.6 Å². The summed E-state index contributed by atoms with van der Waals surface area (Å²) in [5.41, 5.74) is 0.964. The molecule has 0 unspecified atom stereocenters. The molecule has 2 aliphatic heterocycles. The average molecular weight is 315 g/mol. The number of hydrogen-bond donors (Lipinski definition) is 1. The first-order valence-electron chi connectivity index (χ1n) is 7.28. The molecule has 3 heterocycles. The van der Waals surface area contributed by atoms with Gasteiger partial charge in [0.05, 0.1) is 18.2 Å². The first kappa shape index (κ1) is 16.3. The third-order valence-electron chi connectivity index (χ3n) is 4.25. The zero-order chi connectivity index (χ0) is 14.1. The Balaban J connectivity index is 0.00000161. The summed E-state index contributed by atoms with van der Waals surface area (Å²) >= 11 is 0. The highest BCUT2D eigenvalue weighted by Gasteiger charge is 2.31. The van der Waals surface area contributed by atoms with Crippen molar-refractivity contribution in [2.75, 3.05) is 39.3 Å². The van der Waals surface area contributed by atoms with Crippen molar-refractivity contribution >= 4 is 18.3 Å². The van der Waals surface area contributed by atoms with Gasteiger partial charge in [0, 0.05) is 39.3 Å². The van der Waals surface area contributed by atoms with Crippen LogP contribution in [0, 0.1) is 19.8 Å². The predicted octanol–water partition coefficient (Wildman–Crippen LogP) is 0.577. The summed E-state index contributed by atoms with van der Waals surface area (Å²) in [4.78, 5) is 20.8. The minimum atomic E-state index is 0. The summed E-state index contributed by atoms with van der Waals surface area (Å²) in [5.74, 6) is 2.19. The molecule has 1 N–H and O–H groups in total. The fraction of sp³-hybridized carbons (Fsp3) is 0.714. The monoisotopic (exact) mass is 314 g/mol. The standard InChI is InChI=1S/C14H22N4O2.ClH/c1-10-11(2)20-13(16-10)9-17-3-5-18(6-4-17)14(19)12-7-15-8-12;/h12,15H,3-9H2,1-2H3;1H.